The van der Waals surface area contributed by atoms with Gasteiger partial charge in [-0.1, -0.05) is 24.3 Å². The minimum atomic E-state index is -0.779. The van der Waals surface area contributed by atoms with Gasteiger partial charge in [0, 0.05) is 23.1 Å². The molecule has 0 aliphatic carbocycles. The average molecular weight is 401 g/mol. The molecule has 0 radical (unpaired) electrons. The van der Waals surface area contributed by atoms with Crippen LogP contribution in [-0.4, -0.2) is 27.5 Å². The maximum atomic E-state index is 13.0. The summed E-state index contributed by atoms with van der Waals surface area (Å²) in [6, 6.07) is 16.3. The standard InChI is InChI=1S/C23H19N3O4/c1-14-11-16(15(2)25(14)18-9-6-10-19(27)13-18)12-20-21(28)24-23(30)26(22(20)29)17-7-4-3-5-8-17/h3-13,27H,1-2H3,(H,24,28,30)/b20-12-. The molecule has 0 bridgehead atoms. The molecule has 1 fully saturated rings. The number of hydrogen-bond donors (Lipinski definition) is 2. The van der Waals surface area contributed by atoms with E-state index in [2.05, 4.69) is 5.32 Å². The summed E-state index contributed by atoms with van der Waals surface area (Å²) in [5.41, 5.74) is 3.32. The first-order valence-electron chi connectivity index (χ1n) is 9.31. The highest BCUT2D eigenvalue weighted by Gasteiger charge is 2.36. The molecule has 2 N–H and O–H groups in total. The number of nitrogens with zero attached hydrogens (tertiary/aromatic N) is 2. The Labute approximate surface area is 172 Å². The third-order valence-corrected chi connectivity index (χ3v) is 4.97. The molecule has 7 nitrogen and oxygen atoms in total. The Morgan fingerprint density at radius 1 is 0.900 bits per heavy atom. The van der Waals surface area contributed by atoms with E-state index in [1.165, 1.54) is 6.08 Å². The number of phenolic OH excluding ortho intramolecular Hbond substituents is 1. The summed E-state index contributed by atoms with van der Waals surface area (Å²) in [6.45, 7) is 3.75. The van der Waals surface area contributed by atoms with Crippen molar-refractivity contribution in [2.75, 3.05) is 4.90 Å². The summed E-state index contributed by atoms with van der Waals surface area (Å²) >= 11 is 0. The van der Waals surface area contributed by atoms with E-state index >= 15 is 0 Å². The zero-order chi connectivity index (χ0) is 21.4. The van der Waals surface area contributed by atoms with Gasteiger partial charge < -0.3 is 9.67 Å². The number of aromatic nitrogens is 1. The highest BCUT2D eigenvalue weighted by molar-refractivity contribution is 6.39. The highest BCUT2D eigenvalue weighted by atomic mass is 16.3. The fraction of sp³-hybridized carbons (Fsp3) is 0.0870. The predicted molar refractivity (Wildman–Crippen MR) is 112 cm³/mol. The molecule has 3 aromatic rings. The van der Waals surface area contributed by atoms with Crippen molar-refractivity contribution in [3.8, 4) is 11.4 Å². The number of aryl methyl sites for hydroxylation is 1. The van der Waals surface area contributed by atoms with E-state index < -0.39 is 17.8 Å². The van der Waals surface area contributed by atoms with Crippen molar-refractivity contribution in [2.24, 2.45) is 0 Å². The molecule has 0 saturated carbocycles. The van der Waals surface area contributed by atoms with Gasteiger partial charge in [0.2, 0.25) is 0 Å². The number of anilines is 1. The maximum Gasteiger partial charge on any atom is 0.335 e. The van der Waals surface area contributed by atoms with Crippen LogP contribution in [-0.2, 0) is 9.59 Å². The topological polar surface area (TPSA) is 91.6 Å². The van der Waals surface area contributed by atoms with E-state index in [1.54, 1.807) is 48.5 Å². The lowest BCUT2D eigenvalue weighted by molar-refractivity contribution is -0.122. The molecule has 7 heteroatoms. The van der Waals surface area contributed by atoms with Crippen LogP contribution in [0.4, 0.5) is 10.5 Å². The number of carbonyl (C=O) groups is 3. The van der Waals surface area contributed by atoms with Gasteiger partial charge in [-0.2, -0.15) is 0 Å². The van der Waals surface area contributed by atoms with Crippen molar-refractivity contribution in [1.29, 1.82) is 0 Å². The van der Waals surface area contributed by atoms with Crippen molar-refractivity contribution in [2.45, 2.75) is 13.8 Å². The Kier molecular flexibility index (Phi) is 4.71. The minimum absolute atomic E-state index is 0.130. The van der Waals surface area contributed by atoms with E-state index in [9.17, 15) is 19.5 Å². The molecule has 2 aromatic carbocycles. The van der Waals surface area contributed by atoms with Crippen LogP contribution in [0, 0.1) is 13.8 Å². The molecule has 1 aliphatic rings. The summed E-state index contributed by atoms with van der Waals surface area (Å²) in [6.07, 6.45) is 1.49. The molecule has 150 valence electrons. The van der Waals surface area contributed by atoms with Crippen molar-refractivity contribution >= 4 is 29.6 Å². The first-order valence-corrected chi connectivity index (χ1v) is 9.31. The molecule has 1 aliphatic heterocycles. The number of nitrogens with one attached hydrogen (secondary N) is 1. The molecule has 1 saturated heterocycles. The molecular formula is C23H19N3O4. The van der Waals surface area contributed by atoms with Gasteiger partial charge in [-0.15, -0.1) is 0 Å². The Morgan fingerprint density at radius 2 is 1.60 bits per heavy atom. The number of hydrogen-bond acceptors (Lipinski definition) is 4. The molecule has 4 amide bonds. The van der Waals surface area contributed by atoms with Crippen LogP contribution in [0.15, 0.2) is 66.2 Å². The van der Waals surface area contributed by atoms with Gasteiger partial charge in [-0.05, 0) is 55.8 Å². The van der Waals surface area contributed by atoms with E-state index in [-0.39, 0.29) is 11.3 Å². The number of amides is 4. The molecule has 4 rings (SSSR count). The number of barbiturate groups is 1. The Balaban J connectivity index is 1.77. The van der Waals surface area contributed by atoms with Gasteiger partial charge in [0.25, 0.3) is 11.8 Å². The molecule has 0 spiro atoms. The quantitative estimate of drug-likeness (QED) is 0.519. The molecule has 0 unspecified atom stereocenters. The Morgan fingerprint density at radius 3 is 2.30 bits per heavy atom. The first-order chi connectivity index (χ1) is 14.4. The summed E-state index contributed by atoms with van der Waals surface area (Å²) in [4.78, 5) is 38.7. The lowest BCUT2D eigenvalue weighted by Crippen LogP contribution is -2.54. The number of rotatable bonds is 3. The van der Waals surface area contributed by atoms with Crippen LogP contribution in [0.5, 0.6) is 5.75 Å². The Bertz CT molecular complexity index is 1210. The largest absolute Gasteiger partial charge is 0.508 e. The lowest BCUT2D eigenvalue weighted by atomic mass is 10.1. The van der Waals surface area contributed by atoms with Gasteiger partial charge in [0.1, 0.15) is 11.3 Å². The number of benzene rings is 2. The molecule has 1 aromatic heterocycles. The van der Waals surface area contributed by atoms with Crippen LogP contribution in [0.3, 0.4) is 0 Å². The van der Waals surface area contributed by atoms with Crippen molar-refractivity contribution < 1.29 is 19.5 Å². The van der Waals surface area contributed by atoms with Gasteiger partial charge in [-0.25, -0.2) is 9.69 Å². The van der Waals surface area contributed by atoms with Crippen LogP contribution < -0.4 is 10.2 Å². The van der Waals surface area contributed by atoms with Gasteiger partial charge in [-0.3, -0.25) is 14.9 Å². The normalized spacial score (nSPS) is 15.6. The highest BCUT2D eigenvalue weighted by Crippen LogP contribution is 2.27. The summed E-state index contributed by atoms with van der Waals surface area (Å²) in [5, 5.41) is 12.0. The van der Waals surface area contributed by atoms with Crippen LogP contribution in [0.1, 0.15) is 17.0 Å². The average Bonchev–Trinajstić information content (AvgIpc) is 2.99. The first kappa shape index (κ1) is 19.2. The minimum Gasteiger partial charge on any atom is -0.508 e. The second-order valence-electron chi connectivity index (χ2n) is 6.98. The maximum absolute atomic E-state index is 13.0. The second-order valence-corrected chi connectivity index (χ2v) is 6.98. The SMILES string of the molecule is Cc1cc(/C=C2/C(=O)NC(=O)N(c3ccccc3)C2=O)c(C)n1-c1cccc(O)c1. The van der Waals surface area contributed by atoms with Crippen LogP contribution in [0.2, 0.25) is 0 Å². The number of phenols is 1. The van der Waals surface area contributed by atoms with Crippen molar-refractivity contribution in [3.05, 3.63) is 83.2 Å². The van der Waals surface area contributed by atoms with Crippen molar-refractivity contribution in [1.82, 2.24) is 9.88 Å². The smallest absolute Gasteiger partial charge is 0.335 e. The number of carbonyl (C=O) groups excluding carboxylic acids is 3. The number of para-hydroxylation sites is 1. The van der Waals surface area contributed by atoms with Gasteiger partial charge in [0.05, 0.1) is 5.69 Å². The van der Waals surface area contributed by atoms with E-state index in [0.29, 0.717) is 11.3 Å². The van der Waals surface area contributed by atoms with E-state index in [0.717, 1.165) is 22.0 Å². The molecular weight excluding hydrogens is 382 g/mol. The molecule has 30 heavy (non-hydrogen) atoms. The zero-order valence-corrected chi connectivity index (χ0v) is 16.4. The van der Waals surface area contributed by atoms with Crippen molar-refractivity contribution in [3.63, 3.8) is 0 Å². The van der Waals surface area contributed by atoms with Crippen LogP contribution >= 0.6 is 0 Å². The summed E-state index contributed by atoms with van der Waals surface area (Å²) in [7, 11) is 0. The van der Waals surface area contributed by atoms with Gasteiger partial charge >= 0.3 is 6.03 Å². The fourth-order valence-electron chi connectivity index (χ4n) is 3.59. The summed E-state index contributed by atoms with van der Waals surface area (Å²) in [5.74, 6) is -1.28. The number of aromatic hydroxyl groups is 1. The predicted octanol–water partition coefficient (Wildman–Crippen LogP) is 3.47. The Hall–Kier alpha value is -4.13. The number of urea groups is 1. The molecule has 0 atom stereocenters. The number of imide groups is 2. The van der Waals surface area contributed by atoms with Crippen LogP contribution in [0.25, 0.3) is 11.8 Å². The summed E-state index contributed by atoms with van der Waals surface area (Å²) < 4.78 is 1.91. The molecule has 2 heterocycles. The zero-order valence-electron chi connectivity index (χ0n) is 16.4. The fourth-order valence-corrected chi connectivity index (χ4v) is 3.59. The third kappa shape index (κ3) is 3.26. The van der Waals surface area contributed by atoms with Gasteiger partial charge in [0.15, 0.2) is 0 Å². The van der Waals surface area contributed by atoms with E-state index in [4.69, 9.17) is 0 Å². The monoisotopic (exact) mass is 401 g/mol. The lowest BCUT2D eigenvalue weighted by Gasteiger charge is -2.26. The second kappa shape index (κ2) is 7.36. The van der Waals surface area contributed by atoms with E-state index in [1.807, 2.05) is 30.5 Å². The third-order valence-electron chi connectivity index (χ3n) is 4.97.